The van der Waals surface area contributed by atoms with Gasteiger partial charge in [0.1, 0.15) is 5.82 Å². The van der Waals surface area contributed by atoms with Crippen LogP contribution in [0.2, 0.25) is 0 Å². The topological polar surface area (TPSA) is 0 Å². The molecule has 0 bridgehead atoms. The fraction of sp³-hybridized carbons (Fsp3) is 0.143. The molecule has 2 rings (SSSR count). The lowest BCUT2D eigenvalue weighted by Gasteiger charge is -2.07. The van der Waals surface area contributed by atoms with Gasteiger partial charge in [0.25, 0.3) is 0 Å². The summed E-state index contributed by atoms with van der Waals surface area (Å²) in [6.45, 7) is 3.59. The van der Waals surface area contributed by atoms with E-state index in [-0.39, 0.29) is 5.82 Å². The van der Waals surface area contributed by atoms with E-state index in [9.17, 15) is 4.39 Å². The van der Waals surface area contributed by atoms with Crippen molar-refractivity contribution in [1.82, 2.24) is 0 Å². The number of hydrogen-bond acceptors (Lipinski definition) is 0. The average Bonchev–Trinajstić information content (AvgIpc) is 2.26. The van der Waals surface area contributed by atoms with Gasteiger partial charge in [-0.2, -0.15) is 0 Å². The van der Waals surface area contributed by atoms with Crippen LogP contribution in [0.5, 0.6) is 0 Å². The summed E-state index contributed by atoms with van der Waals surface area (Å²) in [5, 5.41) is 0. The second-order valence-electron chi connectivity index (χ2n) is 3.93. The summed E-state index contributed by atoms with van der Waals surface area (Å²) in [7, 11) is 0. The Morgan fingerprint density at radius 2 is 1.38 bits per heavy atom. The normalized spacial score (nSPS) is 10.5. The molecule has 0 aliphatic heterocycles. The Morgan fingerprint density at radius 1 is 0.875 bits per heavy atom. The zero-order chi connectivity index (χ0) is 11.7. The maximum atomic E-state index is 13.5. The molecule has 2 aromatic carbocycles. The van der Waals surface area contributed by atoms with Crippen molar-refractivity contribution in [2.45, 2.75) is 13.8 Å². The molecular formula is C14H12BrF. The van der Waals surface area contributed by atoms with E-state index in [2.05, 4.69) is 15.9 Å². The smallest absolute Gasteiger partial charge is 0.129 e. The van der Waals surface area contributed by atoms with E-state index >= 15 is 0 Å². The number of halogens is 2. The molecule has 0 saturated heterocycles. The van der Waals surface area contributed by atoms with E-state index in [1.165, 1.54) is 0 Å². The Hall–Kier alpha value is -1.15. The highest BCUT2D eigenvalue weighted by molar-refractivity contribution is 9.10. The van der Waals surface area contributed by atoms with Crippen LogP contribution in [0.3, 0.4) is 0 Å². The van der Waals surface area contributed by atoms with Crippen molar-refractivity contribution in [1.29, 1.82) is 0 Å². The quantitative estimate of drug-likeness (QED) is 0.698. The van der Waals surface area contributed by atoms with Crippen LogP contribution in [0.4, 0.5) is 4.39 Å². The van der Waals surface area contributed by atoms with Gasteiger partial charge in [-0.3, -0.25) is 0 Å². The highest BCUT2D eigenvalue weighted by Crippen LogP contribution is 2.25. The summed E-state index contributed by atoms with van der Waals surface area (Å²) in [6.07, 6.45) is 0. The van der Waals surface area contributed by atoms with Crippen molar-refractivity contribution < 1.29 is 4.39 Å². The fourth-order valence-electron chi connectivity index (χ4n) is 1.75. The Labute approximate surface area is 103 Å². The van der Waals surface area contributed by atoms with Crippen molar-refractivity contribution in [3.05, 3.63) is 57.8 Å². The van der Waals surface area contributed by atoms with Crippen molar-refractivity contribution >= 4 is 15.9 Å². The zero-order valence-corrected chi connectivity index (χ0v) is 10.8. The minimum atomic E-state index is -0.110. The van der Waals surface area contributed by atoms with E-state index in [1.807, 2.05) is 36.4 Å². The zero-order valence-electron chi connectivity index (χ0n) is 9.22. The molecule has 0 unspecified atom stereocenters. The van der Waals surface area contributed by atoms with E-state index in [1.54, 1.807) is 13.8 Å². The average molecular weight is 279 g/mol. The summed E-state index contributed by atoms with van der Waals surface area (Å²) >= 11 is 3.40. The second-order valence-corrected chi connectivity index (χ2v) is 4.85. The summed E-state index contributed by atoms with van der Waals surface area (Å²) in [5.41, 5.74) is 3.55. The lowest BCUT2D eigenvalue weighted by atomic mass is 10.0. The Morgan fingerprint density at radius 3 is 1.88 bits per heavy atom. The molecule has 0 aromatic heterocycles. The molecule has 0 heterocycles. The molecule has 0 aliphatic carbocycles. The van der Waals surface area contributed by atoms with Crippen LogP contribution in [-0.4, -0.2) is 0 Å². The molecule has 0 N–H and O–H groups in total. The van der Waals surface area contributed by atoms with Crippen LogP contribution >= 0.6 is 15.9 Å². The summed E-state index contributed by atoms with van der Waals surface area (Å²) in [4.78, 5) is 0. The van der Waals surface area contributed by atoms with Gasteiger partial charge in [0.05, 0.1) is 0 Å². The second kappa shape index (κ2) is 4.38. The molecule has 0 radical (unpaired) electrons. The lowest BCUT2D eigenvalue weighted by Crippen LogP contribution is -1.89. The first-order chi connectivity index (χ1) is 7.58. The van der Waals surface area contributed by atoms with Gasteiger partial charge in [-0.25, -0.2) is 4.39 Å². The minimum Gasteiger partial charge on any atom is -0.206 e. The number of aryl methyl sites for hydroxylation is 2. The maximum absolute atomic E-state index is 13.5. The standard InChI is InChI=1S/C14H12BrF/c1-9-7-12(8-10(2)14(9)16)11-3-5-13(15)6-4-11/h3-8H,1-2H3. The van der Waals surface area contributed by atoms with Gasteiger partial charge in [0.15, 0.2) is 0 Å². The first-order valence-electron chi connectivity index (χ1n) is 5.10. The van der Waals surface area contributed by atoms with Crippen molar-refractivity contribution in [3.8, 4) is 11.1 Å². The third-order valence-corrected chi connectivity index (χ3v) is 3.14. The van der Waals surface area contributed by atoms with Gasteiger partial charge in [0.2, 0.25) is 0 Å². The van der Waals surface area contributed by atoms with Crippen LogP contribution in [0.1, 0.15) is 11.1 Å². The Bertz CT molecular complexity index is 492. The van der Waals surface area contributed by atoms with E-state index in [0.29, 0.717) is 11.1 Å². The van der Waals surface area contributed by atoms with Crippen molar-refractivity contribution in [2.75, 3.05) is 0 Å². The fourth-order valence-corrected chi connectivity index (χ4v) is 2.02. The molecule has 0 amide bonds. The van der Waals surface area contributed by atoms with Gasteiger partial charge in [-0.15, -0.1) is 0 Å². The van der Waals surface area contributed by atoms with Crippen LogP contribution in [-0.2, 0) is 0 Å². The van der Waals surface area contributed by atoms with E-state index in [4.69, 9.17) is 0 Å². The molecule has 0 aliphatic rings. The molecule has 0 spiro atoms. The number of rotatable bonds is 1. The predicted molar refractivity (Wildman–Crippen MR) is 69.0 cm³/mol. The van der Waals surface area contributed by atoms with Gasteiger partial charge < -0.3 is 0 Å². The van der Waals surface area contributed by atoms with Crippen molar-refractivity contribution in [3.63, 3.8) is 0 Å². The van der Waals surface area contributed by atoms with Gasteiger partial charge >= 0.3 is 0 Å². The minimum absolute atomic E-state index is 0.110. The molecular weight excluding hydrogens is 267 g/mol. The number of benzene rings is 2. The first-order valence-corrected chi connectivity index (χ1v) is 5.90. The third-order valence-electron chi connectivity index (χ3n) is 2.61. The SMILES string of the molecule is Cc1cc(-c2ccc(Br)cc2)cc(C)c1F. The Balaban J connectivity index is 2.52. The molecule has 16 heavy (non-hydrogen) atoms. The molecule has 2 heteroatoms. The number of hydrogen-bond donors (Lipinski definition) is 0. The summed E-state index contributed by atoms with van der Waals surface area (Å²) in [6, 6.07) is 11.8. The largest absolute Gasteiger partial charge is 0.206 e. The van der Waals surface area contributed by atoms with E-state index in [0.717, 1.165) is 15.6 Å². The van der Waals surface area contributed by atoms with Crippen LogP contribution < -0.4 is 0 Å². The lowest BCUT2D eigenvalue weighted by molar-refractivity contribution is 0.609. The molecule has 0 nitrogen and oxygen atoms in total. The summed E-state index contributed by atoms with van der Waals surface area (Å²) < 4.78 is 14.5. The Kier molecular flexibility index (Phi) is 3.10. The van der Waals surface area contributed by atoms with Gasteiger partial charge in [0, 0.05) is 4.47 Å². The third kappa shape index (κ3) is 2.17. The van der Waals surface area contributed by atoms with Gasteiger partial charge in [-0.05, 0) is 60.4 Å². The van der Waals surface area contributed by atoms with Crippen molar-refractivity contribution in [2.24, 2.45) is 0 Å². The highest BCUT2D eigenvalue weighted by Gasteiger charge is 2.05. The molecule has 0 saturated carbocycles. The molecule has 0 atom stereocenters. The molecule has 82 valence electrons. The summed E-state index contributed by atoms with van der Waals surface area (Å²) in [5.74, 6) is -0.110. The highest BCUT2D eigenvalue weighted by atomic mass is 79.9. The molecule has 0 fully saturated rings. The first kappa shape index (κ1) is 11.3. The van der Waals surface area contributed by atoms with E-state index < -0.39 is 0 Å². The predicted octanol–water partition coefficient (Wildman–Crippen LogP) is 4.87. The molecule has 2 aromatic rings. The van der Waals surface area contributed by atoms with Crippen LogP contribution in [0, 0.1) is 19.7 Å². The monoisotopic (exact) mass is 278 g/mol. The van der Waals surface area contributed by atoms with Gasteiger partial charge in [-0.1, -0.05) is 28.1 Å². The maximum Gasteiger partial charge on any atom is 0.129 e. The van der Waals surface area contributed by atoms with Crippen LogP contribution in [0.25, 0.3) is 11.1 Å². The van der Waals surface area contributed by atoms with Crippen LogP contribution in [0.15, 0.2) is 40.9 Å².